The van der Waals surface area contributed by atoms with E-state index >= 15 is 0 Å². The second kappa shape index (κ2) is 8.56. The zero-order valence-corrected chi connectivity index (χ0v) is 17.2. The van der Waals surface area contributed by atoms with Gasteiger partial charge in [0, 0.05) is 26.2 Å². The number of hydrogen-bond donors (Lipinski definition) is 1. The van der Waals surface area contributed by atoms with E-state index in [1.54, 1.807) is 12.1 Å². The van der Waals surface area contributed by atoms with Crippen LogP contribution < -0.4 is 19.7 Å². The van der Waals surface area contributed by atoms with Crippen molar-refractivity contribution in [3.8, 4) is 11.5 Å². The van der Waals surface area contributed by atoms with Crippen LogP contribution in [0, 0.1) is 0 Å². The van der Waals surface area contributed by atoms with Gasteiger partial charge in [-0.3, -0.25) is 0 Å². The Morgan fingerprint density at radius 3 is 2.55 bits per heavy atom. The van der Waals surface area contributed by atoms with Crippen molar-refractivity contribution in [2.45, 2.75) is 32.5 Å². The Bertz CT molecular complexity index is 959. The van der Waals surface area contributed by atoms with E-state index in [1.165, 1.54) is 11.0 Å². The first-order valence-electron chi connectivity index (χ1n) is 10.3. The van der Waals surface area contributed by atoms with Crippen molar-refractivity contribution in [2.24, 2.45) is 0 Å². The van der Waals surface area contributed by atoms with Gasteiger partial charge in [0.1, 0.15) is 0 Å². The maximum atomic E-state index is 13.3. The normalized spacial score (nSPS) is 15.3. The number of alkyl halides is 3. The minimum atomic E-state index is -4.49. The van der Waals surface area contributed by atoms with E-state index in [0.29, 0.717) is 23.7 Å². The van der Waals surface area contributed by atoms with Crippen LogP contribution in [0.25, 0.3) is 0 Å². The first kappa shape index (κ1) is 21.1. The molecule has 2 heterocycles. The highest BCUT2D eigenvalue weighted by molar-refractivity contribution is 5.93. The number of halogens is 3. The molecule has 0 atom stereocenters. The molecule has 166 valence electrons. The number of anilines is 2. The highest BCUT2D eigenvalue weighted by Gasteiger charge is 2.32. The fourth-order valence-electron chi connectivity index (χ4n) is 3.83. The average molecular weight is 435 g/mol. The van der Waals surface area contributed by atoms with Crippen molar-refractivity contribution >= 4 is 17.4 Å². The average Bonchev–Trinajstić information content (AvgIpc) is 3.42. The lowest BCUT2D eigenvalue weighted by atomic mass is 10.1. The van der Waals surface area contributed by atoms with Crippen LogP contribution in [0.1, 0.15) is 30.9 Å². The summed E-state index contributed by atoms with van der Waals surface area (Å²) in [6.45, 7) is 4.16. The largest absolute Gasteiger partial charge is 0.454 e. The molecule has 2 aliphatic rings. The number of fused-ring (bicyclic) bond motifs is 1. The number of rotatable bonds is 5. The number of nitrogens with zero attached hydrogens (tertiary/aromatic N) is 2. The molecule has 31 heavy (non-hydrogen) atoms. The molecular formula is C22H24F3N3O3. The number of benzene rings is 2. The van der Waals surface area contributed by atoms with Crippen molar-refractivity contribution in [1.29, 1.82) is 0 Å². The van der Waals surface area contributed by atoms with Crippen LogP contribution in [-0.4, -0.2) is 37.4 Å². The van der Waals surface area contributed by atoms with Crippen LogP contribution in [0.5, 0.6) is 11.5 Å². The van der Waals surface area contributed by atoms with Crippen molar-refractivity contribution in [1.82, 2.24) is 4.90 Å². The second-order valence-electron chi connectivity index (χ2n) is 7.56. The summed E-state index contributed by atoms with van der Waals surface area (Å²) in [6, 6.07) is 8.48. The molecular weight excluding hydrogens is 411 g/mol. The van der Waals surface area contributed by atoms with Gasteiger partial charge in [-0.1, -0.05) is 6.07 Å². The Balaban J connectivity index is 1.55. The molecule has 9 heteroatoms. The summed E-state index contributed by atoms with van der Waals surface area (Å²) in [7, 11) is 0. The van der Waals surface area contributed by atoms with Gasteiger partial charge >= 0.3 is 12.2 Å². The van der Waals surface area contributed by atoms with Gasteiger partial charge in [-0.2, -0.15) is 13.2 Å². The van der Waals surface area contributed by atoms with Gasteiger partial charge < -0.3 is 24.6 Å². The van der Waals surface area contributed by atoms with Gasteiger partial charge in [-0.25, -0.2) is 4.79 Å². The Morgan fingerprint density at radius 1 is 1.10 bits per heavy atom. The summed E-state index contributed by atoms with van der Waals surface area (Å²) in [5.41, 5.74) is 0.832. The number of carbonyl (C=O) groups is 1. The zero-order valence-electron chi connectivity index (χ0n) is 17.2. The maximum Gasteiger partial charge on any atom is 0.416 e. The summed E-state index contributed by atoms with van der Waals surface area (Å²) in [5.74, 6) is 1.26. The molecule has 4 rings (SSSR count). The smallest absolute Gasteiger partial charge is 0.416 e. The van der Waals surface area contributed by atoms with Crippen LogP contribution in [0.15, 0.2) is 36.4 Å². The van der Waals surface area contributed by atoms with Crippen LogP contribution in [0.2, 0.25) is 0 Å². The molecule has 2 amide bonds. The summed E-state index contributed by atoms with van der Waals surface area (Å²) >= 11 is 0. The number of ether oxygens (including phenoxy) is 2. The number of nitrogens with one attached hydrogen (secondary N) is 1. The summed E-state index contributed by atoms with van der Waals surface area (Å²) in [5, 5.41) is 2.71. The molecule has 1 N–H and O–H groups in total. The van der Waals surface area contributed by atoms with Gasteiger partial charge in [-0.15, -0.1) is 0 Å². The molecule has 0 spiro atoms. The van der Waals surface area contributed by atoms with Crippen LogP contribution in [0.4, 0.5) is 29.3 Å². The van der Waals surface area contributed by atoms with Crippen LogP contribution >= 0.6 is 0 Å². The lowest BCUT2D eigenvalue weighted by Gasteiger charge is -2.26. The van der Waals surface area contributed by atoms with E-state index in [0.717, 1.165) is 43.6 Å². The Kier molecular flexibility index (Phi) is 5.84. The summed E-state index contributed by atoms with van der Waals surface area (Å²) in [4.78, 5) is 16.5. The van der Waals surface area contributed by atoms with Gasteiger partial charge in [0.2, 0.25) is 6.79 Å². The SMILES string of the molecule is CCN(Cc1ccc2c(c1)OCO2)C(=O)Nc1cc(C(F)(F)F)ccc1N1CCCC1. The fourth-order valence-corrected chi connectivity index (χ4v) is 3.83. The molecule has 6 nitrogen and oxygen atoms in total. The van der Waals surface area contributed by atoms with E-state index in [4.69, 9.17) is 9.47 Å². The fraction of sp³-hybridized carbons (Fsp3) is 0.409. The van der Waals surface area contributed by atoms with E-state index in [2.05, 4.69) is 5.32 Å². The van der Waals surface area contributed by atoms with Crippen molar-refractivity contribution in [3.05, 3.63) is 47.5 Å². The molecule has 0 aromatic heterocycles. The zero-order chi connectivity index (χ0) is 22.0. The minimum Gasteiger partial charge on any atom is -0.454 e. The van der Waals surface area contributed by atoms with E-state index in [-0.39, 0.29) is 19.0 Å². The predicted molar refractivity (Wildman–Crippen MR) is 111 cm³/mol. The molecule has 0 bridgehead atoms. The molecule has 1 fully saturated rings. The summed E-state index contributed by atoms with van der Waals surface area (Å²) < 4.78 is 50.5. The Morgan fingerprint density at radius 2 is 1.84 bits per heavy atom. The third kappa shape index (κ3) is 4.65. The Hall–Kier alpha value is -3.10. The molecule has 0 saturated carbocycles. The lowest BCUT2D eigenvalue weighted by molar-refractivity contribution is -0.137. The van der Waals surface area contributed by atoms with Crippen molar-refractivity contribution < 1.29 is 27.4 Å². The predicted octanol–water partition coefficient (Wildman–Crippen LogP) is 5.09. The third-order valence-electron chi connectivity index (χ3n) is 5.49. The third-order valence-corrected chi connectivity index (χ3v) is 5.49. The molecule has 1 saturated heterocycles. The van der Waals surface area contributed by atoms with Gasteiger partial charge in [-0.05, 0) is 55.7 Å². The molecule has 0 unspecified atom stereocenters. The van der Waals surface area contributed by atoms with Crippen LogP contribution in [0.3, 0.4) is 0 Å². The molecule has 2 aliphatic heterocycles. The highest BCUT2D eigenvalue weighted by Crippen LogP contribution is 2.37. The van der Waals surface area contributed by atoms with Gasteiger partial charge in [0.05, 0.1) is 16.9 Å². The second-order valence-corrected chi connectivity index (χ2v) is 7.56. The first-order chi connectivity index (χ1) is 14.8. The lowest BCUT2D eigenvalue weighted by Crippen LogP contribution is -2.35. The summed E-state index contributed by atoms with van der Waals surface area (Å²) in [6.07, 6.45) is -2.54. The van der Waals surface area contributed by atoms with E-state index in [1.807, 2.05) is 17.9 Å². The number of amides is 2. The van der Waals surface area contributed by atoms with Crippen LogP contribution in [-0.2, 0) is 12.7 Å². The van der Waals surface area contributed by atoms with E-state index in [9.17, 15) is 18.0 Å². The van der Waals surface area contributed by atoms with E-state index < -0.39 is 17.8 Å². The number of urea groups is 1. The molecule has 0 aliphatic carbocycles. The first-order valence-corrected chi connectivity index (χ1v) is 10.3. The maximum absolute atomic E-state index is 13.3. The minimum absolute atomic E-state index is 0.158. The van der Waals surface area contributed by atoms with Gasteiger partial charge in [0.15, 0.2) is 11.5 Å². The standard InChI is InChI=1S/C22H24F3N3O3/c1-2-27(13-15-5-8-19-20(11-15)31-14-30-19)21(29)26-17-12-16(22(23,24)25)6-7-18(17)28-9-3-4-10-28/h5-8,11-12H,2-4,9-10,13-14H2,1H3,(H,26,29). The molecule has 2 aromatic carbocycles. The Labute approximate surface area is 178 Å². The monoisotopic (exact) mass is 435 g/mol. The molecule has 0 radical (unpaired) electrons. The number of hydrogen-bond acceptors (Lipinski definition) is 4. The topological polar surface area (TPSA) is 54.0 Å². The van der Waals surface area contributed by atoms with Gasteiger partial charge in [0.25, 0.3) is 0 Å². The van der Waals surface area contributed by atoms with Crippen molar-refractivity contribution in [3.63, 3.8) is 0 Å². The quantitative estimate of drug-likeness (QED) is 0.711. The number of carbonyl (C=O) groups excluding carboxylic acids is 1. The molecule has 2 aromatic rings. The van der Waals surface area contributed by atoms with Crippen molar-refractivity contribution in [2.75, 3.05) is 36.6 Å². The highest BCUT2D eigenvalue weighted by atomic mass is 19.4.